The highest BCUT2D eigenvalue weighted by molar-refractivity contribution is 7.17. The van der Waals surface area contributed by atoms with Crippen LogP contribution >= 0.6 is 11.3 Å². The number of benzene rings is 1. The van der Waals surface area contributed by atoms with Crippen molar-refractivity contribution >= 4 is 28.3 Å². The second kappa shape index (κ2) is 7.49. The van der Waals surface area contributed by atoms with Gasteiger partial charge in [0, 0.05) is 11.4 Å². The summed E-state index contributed by atoms with van der Waals surface area (Å²) in [5.41, 5.74) is 2.59. The molecular weight excluding hydrogens is 324 g/mol. The van der Waals surface area contributed by atoms with Crippen molar-refractivity contribution in [2.45, 2.75) is 32.7 Å². The summed E-state index contributed by atoms with van der Waals surface area (Å²) in [6, 6.07) is 9.37. The van der Waals surface area contributed by atoms with Gasteiger partial charge in [-0.05, 0) is 37.3 Å². The Labute approximate surface area is 145 Å². The first-order valence-corrected chi connectivity index (χ1v) is 8.91. The van der Waals surface area contributed by atoms with Crippen LogP contribution in [0.4, 0.5) is 9.80 Å². The van der Waals surface area contributed by atoms with Crippen LogP contribution in [0.2, 0.25) is 0 Å². The van der Waals surface area contributed by atoms with Crippen molar-refractivity contribution in [3.63, 3.8) is 0 Å². The molecule has 1 heterocycles. The van der Waals surface area contributed by atoms with Crippen LogP contribution in [-0.4, -0.2) is 18.6 Å². The number of esters is 1. The largest absolute Gasteiger partial charge is 0.462 e. The Morgan fingerprint density at radius 3 is 2.75 bits per heavy atom. The Morgan fingerprint density at radius 1 is 1.21 bits per heavy atom. The molecular formula is C18H20N2O3S. The van der Waals surface area contributed by atoms with Crippen molar-refractivity contribution in [3.05, 3.63) is 51.9 Å². The van der Waals surface area contributed by atoms with Crippen LogP contribution in [0.5, 0.6) is 0 Å². The highest BCUT2D eigenvalue weighted by Gasteiger charge is 2.28. The number of hydrogen-bond acceptors (Lipinski definition) is 4. The van der Waals surface area contributed by atoms with E-state index in [2.05, 4.69) is 10.6 Å². The van der Waals surface area contributed by atoms with E-state index in [4.69, 9.17) is 4.74 Å². The van der Waals surface area contributed by atoms with Crippen LogP contribution < -0.4 is 10.6 Å². The lowest BCUT2D eigenvalue weighted by Crippen LogP contribution is -2.28. The molecule has 0 saturated carbocycles. The third-order valence-electron chi connectivity index (χ3n) is 3.92. The lowest BCUT2D eigenvalue weighted by atomic mass is 10.1. The molecule has 0 atom stereocenters. The topological polar surface area (TPSA) is 67.4 Å². The molecule has 0 spiro atoms. The van der Waals surface area contributed by atoms with Gasteiger partial charge < -0.3 is 10.1 Å². The van der Waals surface area contributed by atoms with Crippen LogP contribution in [0.1, 0.15) is 39.7 Å². The molecule has 2 N–H and O–H groups in total. The molecule has 3 rings (SSSR count). The van der Waals surface area contributed by atoms with Gasteiger partial charge in [0.2, 0.25) is 0 Å². The maximum atomic E-state index is 12.3. The monoisotopic (exact) mass is 344 g/mol. The minimum Gasteiger partial charge on any atom is -0.462 e. The number of ether oxygens (including phenoxy) is 1. The summed E-state index contributed by atoms with van der Waals surface area (Å²) < 4.78 is 5.16. The zero-order valence-corrected chi connectivity index (χ0v) is 14.4. The van der Waals surface area contributed by atoms with E-state index >= 15 is 0 Å². The number of anilines is 1. The van der Waals surface area contributed by atoms with E-state index in [-0.39, 0.29) is 12.0 Å². The zero-order chi connectivity index (χ0) is 16.9. The van der Waals surface area contributed by atoms with Crippen molar-refractivity contribution < 1.29 is 14.3 Å². The maximum Gasteiger partial charge on any atom is 0.341 e. The highest BCUT2D eigenvalue weighted by atomic mass is 32.1. The molecule has 126 valence electrons. The number of amides is 2. The molecule has 0 saturated heterocycles. The van der Waals surface area contributed by atoms with Gasteiger partial charge in [-0.25, -0.2) is 9.59 Å². The van der Waals surface area contributed by atoms with E-state index in [1.165, 1.54) is 16.2 Å². The van der Waals surface area contributed by atoms with E-state index in [0.29, 0.717) is 23.7 Å². The molecule has 2 aromatic rings. The van der Waals surface area contributed by atoms with Gasteiger partial charge in [-0.15, -0.1) is 11.3 Å². The van der Waals surface area contributed by atoms with E-state index in [1.54, 1.807) is 6.92 Å². The summed E-state index contributed by atoms with van der Waals surface area (Å²) in [5.74, 6) is -0.352. The normalized spacial score (nSPS) is 12.5. The number of nitrogens with one attached hydrogen (secondary N) is 2. The molecule has 0 unspecified atom stereocenters. The highest BCUT2D eigenvalue weighted by Crippen LogP contribution is 2.39. The van der Waals surface area contributed by atoms with Crippen LogP contribution in [0.3, 0.4) is 0 Å². The average Bonchev–Trinajstić information content (AvgIpc) is 3.14. The zero-order valence-electron chi connectivity index (χ0n) is 13.6. The SMILES string of the molecule is CCOC(=O)c1c(NC(=O)NCc2ccccc2)sc2c1CCC2. The fraction of sp³-hybridized carbons (Fsp3) is 0.333. The molecule has 5 nitrogen and oxygen atoms in total. The van der Waals surface area contributed by atoms with Gasteiger partial charge in [-0.1, -0.05) is 30.3 Å². The Kier molecular flexibility index (Phi) is 5.15. The summed E-state index contributed by atoms with van der Waals surface area (Å²) in [7, 11) is 0. The minimum atomic E-state index is -0.352. The summed E-state index contributed by atoms with van der Waals surface area (Å²) in [6.45, 7) is 2.54. The molecule has 24 heavy (non-hydrogen) atoms. The number of carbonyl (C=O) groups excluding carboxylic acids is 2. The summed E-state index contributed by atoms with van der Waals surface area (Å²) in [4.78, 5) is 25.6. The van der Waals surface area contributed by atoms with Gasteiger partial charge >= 0.3 is 12.0 Å². The molecule has 1 aliphatic rings. The van der Waals surface area contributed by atoms with Crippen molar-refractivity contribution in [3.8, 4) is 0 Å². The molecule has 1 aliphatic carbocycles. The fourth-order valence-electron chi connectivity index (χ4n) is 2.84. The van der Waals surface area contributed by atoms with Crippen LogP contribution in [-0.2, 0) is 24.1 Å². The maximum absolute atomic E-state index is 12.3. The third-order valence-corrected chi connectivity index (χ3v) is 5.13. The molecule has 2 amide bonds. The Bertz CT molecular complexity index is 740. The average molecular weight is 344 g/mol. The van der Waals surface area contributed by atoms with Gasteiger partial charge in [-0.3, -0.25) is 5.32 Å². The molecule has 1 aromatic heterocycles. The van der Waals surface area contributed by atoms with Crippen LogP contribution in [0, 0.1) is 0 Å². The minimum absolute atomic E-state index is 0.315. The van der Waals surface area contributed by atoms with Gasteiger partial charge in [0.15, 0.2) is 0 Å². The molecule has 0 bridgehead atoms. The number of aryl methyl sites for hydroxylation is 1. The second-order valence-corrected chi connectivity index (χ2v) is 6.68. The van der Waals surface area contributed by atoms with Gasteiger partial charge in [0.25, 0.3) is 0 Å². The summed E-state index contributed by atoms with van der Waals surface area (Å²) in [5, 5.41) is 6.22. The molecule has 6 heteroatoms. The first-order chi connectivity index (χ1) is 11.7. The predicted octanol–water partition coefficient (Wildman–Crippen LogP) is 3.74. The molecule has 0 radical (unpaired) electrons. The third kappa shape index (κ3) is 3.59. The number of urea groups is 1. The standard InChI is InChI=1S/C18H20N2O3S/c1-2-23-17(21)15-13-9-6-10-14(13)24-16(15)20-18(22)19-11-12-7-4-3-5-8-12/h3-5,7-8H,2,6,9-11H2,1H3,(H2,19,20,22). The number of rotatable bonds is 5. The van der Waals surface area contributed by atoms with E-state index in [9.17, 15) is 9.59 Å². The van der Waals surface area contributed by atoms with Gasteiger partial charge in [0.1, 0.15) is 5.00 Å². The number of carbonyl (C=O) groups is 2. The lowest BCUT2D eigenvalue weighted by molar-refractivity contribution is 0.0527. The fourth-order valence-corrected chi connectivity index (χ4v) is 4.11. The van der Waals surface area contributed by atoms with Crippen molar-refractivity contribution in [2.75, 3.05) is 11.9 Å². The number of fused-ring (bicyclic) bond motifs is 1. The van der Waals surface area contributed by atoms with Crippen LogP contribution in [0.25, 0.3) is 0 Å². The van der Waals surface area contributed by atoms with E-state index < -0.39 is 0 Å². The van der Waals surface area contributed by atoms with E-state index in [0.717, 1.165) is 30.4 Å². The van der Waals surface area contributed by atoms with E-state index in [1.807, 2.05) is 30.3 Å². The Balaban J connectivity index is 1.70. The lowest BCUT2D eigenvalue weighted by Gasteiger charge is -2.09. The van der Waals surface area contributed by atoms with Crippen LogP contribution in [0.15, 0.2) is 30.3 Å². The van der Waals surface area contributed by atoms with Gasteiger partial charge in [0.05, 0.1) is 12.2 Å². The second-order valence-electron chi connectivity index (χ2n) is 5.58. The first kappa shape index (κ1) is 16.5. The molecule has 0 aliphatic heterocycles. The van der Waals surface area contributed by atoms with Crippen molar-refractivity contribution in [1.29, 1.82) is 0 Å². The first-order valence-electron chi connectivity index (χ1n) is 8.09. The quantitative estimate of drug-likeness (QED) is 0.812. The molecule has 1 aromatic carbocycles. The summed E-state index contributed by atoms with van der Waals surface area (Å²) >= 11 is 1.48. The van der Waals surface area contributed by atoms with Crippen molar-refractivity contribution in [1.82, 2.24) is 5.32 Å². The Morgan fingerprint density at radius 2 is 2.00 bits per heavy atom. The predicted molar refractivity (Wildman–Crippen MR) is 94.6 cm³/mol. The number of hydrogen-bond donors (Lipinski definition) is 2. The number of thiophene rings is 1. The van der Waals surface area contributed by atoms with Crippen molar-refractivity contribution in [2.24, 2.45) is 0 Å². The summed E-state index contributed by atoms with van der Waals surface area (Å²) in [6.07, 6.45) is 2.88. The Hall–Kier alpha value is -2.34. The molecule has 0 fully saturated rings. The smallest absolute Gasteiger partial charge is 0.341 e. The van der Waals surface area contributed by atoms with Gasteiger partial charge in [-0.2, -0.15) is 0 Å².